The molecule has 0 spiro atoms. The molecule has 1 rings (SSSR count). The maximum Gasteiger partial charge on any atom is 0.168 e. The Labute approximate surface area is 114 Å². The predicted molar refractivity (Wildman–Crippen MR) is 77.3 cm³/mol. The number of benzene rings is 1. The van der Waals surface area contributed by atoms with Crippen LogP contribution < -0.4 is 0 Å². The van der Waals surface area contributed by atoms with E-state index in [1.165, 1.54) is 5.56 Å². The Balaban J connectivity index is 2.48. The quantitative estimate of drug-likeness (QED) is 0.410. The maximum absolute atomic E-state index is 6.29. The monoisotopic (exact) mass is 294 g/mol. The van der Waals surface area contributed by atoms with Crippen molar-refractivity contribution in [1.82, 2.24) is 0 Å². The molecule has 0 amide bonds. The van der Waals surface area contributed by atoms with Crippen molar-refractivity contribution in [2.24, 2.45) is 0 Å². The van der Waals surface area contributed by atoms with E-state index in [-0.39, 0.29) is 5.00 Å². The average molecular weight is 296 g/mol. The predicted octanol–water partition coefficient (Wildman–Crippen LogP) is 4.95. The zero-order valence-electron chi connectivity index (χ0n) is 9.64. The van der Waals surface area contributed by atoms with Crippen LogP contribution in [0.25, 0.3) is 0 Å². The molecule has 1 atom stereocenters. The summed E-state index contributed by atoms with van der Waals surface area (Å²) in [6.45, 7) is 4.17. The van der Waals surface area contributed by atoms with E-state index < -0.39 is 7.38 Å². The smallest absolute Gasteiger partial charge is 0.166 e. The van der Waals surface area contributed by atoms with Gasteiger partial charge in [0.05, 0.1) is 0 Å². The molecule has 0 N–H and O–H groups in total. The number of hydrogen-bond acceptors (Lipinski definition) is 0. The van der Waals surface area contributed by atoms with Crippen LogP contribution in [-0.2, 0) is 12.3 Å². The van der Waals surface area contributed by atoms with Crippen LogP contribution >= 0.6 is 34.3 Å². The minimum absolute atomic E-state index is 0.127. The third-order valence-corrected chi connectivity index (χ3v) is 7.68. The van der Waals surface area contributed by atoms with Crippen LogP contribution in [0.2, 0.25) is 13.1 Å². The molecule has 0 aliphatic carbocycles. The highest BCUT2D eigenvalue weighted by Crippen LogP contribution is 2.23. The first-order chi connectivity index (χ1) is 7.43. The molecule has 0 aliphatic rings. The molecule has 1 aromatic carbocycles. The molecule has 0 saturated carbocycles. The molecular weight excluding hydrogens is 279 g/mol. The molecule has 90 valence electrons. The van der Waals surface area contributed by atoms with E-state index in [1.807, 2.05) is 0 Å². The van der Waals surface area contributed by atoms with Gasteiger partial charge in [0.2, 0.25) is 0 Å². The van der Waals surface area contributed by atoms with Crippen molar-refractivity contribution in [1.29, 1.82) is 0 Å². The Morgan fingerprint density at radius 1 is 1.12 bits per heavy atom. The molecule has 16 heavy (non-hydrogen) atoms. The van der Waals surface area contributed by atoms with E-state index in [2.05, 4.69) is 37.4 Å². The molecule has 0 saturated heterocycles. The fraction of sp³-hybridized carbons (Fsp3) is 0.500. The molecule has 1 unspecified atom stereocenters. The first-order valence-electron chi connectivity index (χ1n) is 5.40. The van der Waals surface area contributed by atoms with Crippen molar-refractivity contribution >= 4 is 41.7 Å². The molecule has 0 bridgehead atoms. The molecular formula is C12H17Cl3Si. The van der Waals surface area contributed by atoms with Crippen molar-refractivity contribution in [3.05, 3.63) is 35.4 Å². The minimum atomic E-state index is -1.72. The van der Waals surface area contributed by atoms with E-state index in [1.54, 1.807) is 0 Å². The third kappa shape index (κ3) is 4.66. The Morgan fingerprint density at radius 3 is 2.06 bits per heavy atom. The summed E-state index contributed by atoms with van der Waals surface area (Å²) in [4.78, 5) is 0. The van der Waals surface area contributed by atoms with Crippen molar-refractivity contribution in [3.8, 4) is 0 Å². The summed E-state index contributed by atoms with van der Waals surface area (Å²) in [5, 5.41) is 0.127. The summed E-state index contributed by atoms with van der Waals surface area (Å²) >= 11 is 18.3. The highest BCUT2D eigenvalue weighted by atomic mass is 35.6. The average Bonchev–Trinajstić information content (AvgIpc) is 2.25. The molecule has 0 aromatic heterocycles. The maximum atomic E-state index is 6.29. The van der Waals surface area contributed by atoms with Gasteiger partial charge in [0.1, 0.15) is 0 Å². The van der Waals surface area contributed by atoms with E-state index in [9.17, 15) is 0 Å². The van der Waals surface area contributed by atoms with Crippen molar-refractivity contribution in [2.45, 2.75) is 36.8 Å². The third-order valence-electron chi connectivity index (χ3n) is 2.61. The lowest BCUT2D eigenvalue weighted by atomic mass is 10.1. The van der Waals surface area contributed by atoms with Gasteiger partial charge in [0, 0.05) is 10.9 Å². The number of aryl methyl sites for hydroxylation is 1. The lowest BCUT2D eigenvalue weighted by molar-refractivity contribution is 0.877. The molecule has 1 aromatic rings. The molecule has 0 heterocycles. The highest BCUT2D eigenvalue weighted by Gasteiger charge is 2.27. The second kappa shape index (κ2) is 6.30. The van der Waals surface area contributed by atoms with Crippen molar-refractivity contribution < 1.29 is 0 Å². The van der Waals surface area contributed by atoms with Crippen molar-refractivity contribution in [3.63, 3.8) is 0 Å². The Hall–Kier alpha value is 0.307. The van der Waals surface area contributed by atoms with Gasteiger partial charge in [0.25, 0.3) is 0 Å². The second-order valence-corrected chi connectivity index (χ2v) is 12.4. The van der Waals surface area contributed by atoms with E-state index >= 15 is 0 Å². The largest absolute Gasteiger partial charge is 0.168 e. The van der Waals surface area contributed by atoms with Gasteiger partial charge in [-0.1, -0.05) is 37.4 Å². The first kappa shape index (κ1) is 14.4. The van der Waals surface area contributed by atoms with E-state index in [0.29, 0.717) is 5.88 Å². The van der Waals surface area contributed by atoms with E-state index in [4.69, 9.17) is 34.3 Å². The van der Waals surface area contributed by atoms with Gasteiger partial charge in [-0.15, -0.1) is 23.2 Å². The van der Waals surface area contributed by atoms with Crippen LogP contribution in [-0.4, -0.2) is 12.4 Å². The fourth-order valence-corrected chi connectivity index (χ4v) is 2.88. The number of halogens is 3. The summed E-state index contributed by atoms with van der Waals surface area (Å²) < 4.78 is 0. The lowest BCUT2D eigenvalue weighted by Gasteiger charge is -2.19. The number of rotatable bonds is 5. The van der Waals surface area contributed by atoms with Gasteiger partial charge >= 0.3 is 0 Å². The Kier molecular flexibility index (Phi) is 5.65. The summed E-state index contributed by atoms with van der Waals surface area (Å²) in [7, 11) is -1.72. The Morgan fingerprint density at radius 2 is 1.62 bits per heavy atom. The van der Waals surface area contributed by atoms with Crippen LogP contribution in [0.5, 0.6) is 0 Å². The zero-order valence-corrected chi connectivity index (χ0v) is 12.9. The molecule has 4 heteroatoms. The molecule has 0 nitrogen and oxygen atoms in total. The van der Waals surface area contributed by atoms with Crippen LogP contribution in [0.3, 0.4) is 0 Å². The van der Waals surface area contributed by atoms with Crippen LogP contribution in [0, 0.1) is 0 Å². The molecule has 0 radical (unpaired) electrons. The fourth-order valence-electron chi connectivity index (χ4n) is 1.43. The standard InChI is InChI=1S/C12H17Cl3Si/c1-16(2,15)12(14)8-7-10-3-5-11(9-13)6-4-10/h3-6,12H,7-9H2,1-2H3. The van der Waals surface area contributed by atoms with Gasteiger partial charge in [0.15, 0.2) is 7.38 Å². The van der Waals surface area contributed by atoms with Gasteiger partial charge in [-0.3, -0.25) is 0 Å². The van der Waals surface area contributed by atoms with Crippen LogP contribution in [0.4, 0.5) is 0 Å². The summed E-state index contributed by atoms with van der Waals surface area (Å²) in [6.07, 6.45) is 1.93. The Bertz CT molecular complexity index is 316. The summed E-state index contributed by atoms with van der Waals surface area (Å²) in [5.41, 5.74) is 2.45. The SMILES string of the molecule is C[Si](C)(Cl)C(Cl)CCc1ccc(CCl)cc1. The second-order valence-electron chi connectivity index (χ2n) is 4.52. The summed E-state index contributed by atoms with van der Waals surface area (Å²) in [6, 6.07) is 8.36. The zero-order chi connectivity index (χ0) is 12.2. The van der Waals surface area contributed by atoms with Gasteiger partial charge in [-0.05, 0) is 24.0 Å². The molecule has 0 fully saturated rings. The van der Waals surface area contributed by atoms with Gasteiger partial charge in [-0.25, -0.2) is 0 Å². The topological polar surface area (TPSA) is 0 Å². The minimum Gasteiger partial charge on any atom is -0.166 e. The highest BCUT2D eigenvalue weighted by molar-refractivity contribution is 7.22. The number of hydrogen-bond donors (Lipinski definition) is 0. The van der Waals surface area contributed by atoms with Gasteiger partial charge < -0.3 is 0 Å². The summed E-state index contributed by atoms with van der Waals surface area (Å²) in [5.74, 6) is 0.569. The van der Waals surface area contributed by atoms with Crippen LogP contribution in [0.15, 0.2) is 24.3 Å². The lowest BCUT2D eigenvalue weighted by Crippen LogP contribution is -2.31. The molecule has 0 aliphatic heterocycles. The van der Waals surface area contributed by atoms with E-state index in [0.717, 1.165) is 18.4 Å². The van der Waals surface area contributed by atoms with Gasteiger partial charge in [-0.2, -0.15) is 11.1 Å². The van der Waals surface area contributed by atoms with Crippen molar-refractivity contribution in [2.75, 3.05) is 0 Å². The van der Waals surface area contributed by atoms with Crippen LogP contribution in [0.1, 0.15) is 17.5 Å². The number of alkyl halides is 2. The normalized spacial score (nSPS) is 13.8. The first-order valence-corrected chi connectivity index (χ1v) is 10.5.